The van der Waals surface area contributed by atoms with Gasteiger partial charge in [0.1, 0.15) is 41.9 Å². The fourth-order valence-electron chi connectivity index (χ4n) is 8.50. The summed E-state index contributed by atoms with van der Waals surface area (Å²) in [6, 6.07) is 42.9. The van der Waals surface area contributed by atoms with Crippen molar-refractivity contribution in [3.63, 3.8) is 0 Å². The van der Waals surface area contributed by atoms with Crippen molar-refractivity contribution in [3.05, 3.63) is 178 Å². The number of nitrogens with one attached hydrogen (secondary N) is 1. The average molecular weight is 851 g/mol. The van der Waals surface area contributed by atoms with Crippen LogP contribution in [0.25, 0.3) is 11.1 Å². The van der Waals surface area contributed by atoms with E-state index < -0.39 is 35.8 Å². The van der Waals surface area contributed by atoms with Crippen molar-refractivity contribution in [3.8, 4) is 22.6 Å². The first kappa shape index (κ1) is 42.9. The van der Waals surface area contributed by atoms with Crippen molar-refractivity contribution in [2.24, 2.45) is 0 Å². The number of carbonyl (C=O) groups excluding carboxylic acids is 2. The number of benzene rings is 5. The Morgan fingerprint density at radius 3 is 1.95 bits per heavy atom. The highest BCUT2D eigenvalue weighted by atomic mass is 16.6. The SMILES string of the molecule is COc1ccc(C(OC[C@H]2O[C@@H](n3ccc(NC(=O)CCCN(C)C(=O)OCC4c5ccccc5-c5ccccc54)nc3=O)C[C@H]2O)(c2ccccc2)c2ccc(OC)cc2)cc1. The van der Waals surface area contributed by atoms with Gasteiger partial charge in [-0.05, 0) is 75.7 Å². The van der Waals surface area contributed by atoms with E-state index >= 15 is 0 Å². The molecule has 2 aliphatic rings. The quantitative estimate of drug-likeness (QED) is 0.0937. The highest BCUT2D eigenvalue weighted by Gasteiger charge is 2.42. The van der Waals surface area contributed by atoms with Crippen molar-refractivity contribution in [2.75, 3.05) is 46.3 Å². The molecule has 0 spiro atoms. The summed E-state index contributed by atoms with van der Waals surface area (Å²) in [6.45, 7) is 0.466. The number of hydrogen-bond acceptors (Lipinski definition) is 10. The third-order valence-corrected chi connectivity index (χ3v) is 11.8. The molecule has 0 radical (unpaired) electrons. The van der Waals surface area contributed by atoms with E-state index in [9.17, 15) is 19.5 Å². The number of carbonyl (C=O) groups is 2. The first-order valence-corrected chi connectivity index (χ1v) is 21.0. The minimum Gasteiger partial charge on any atom is -0.497 e. The molecule has 2 amide bonds. The van der Waals surface area contributed by atoms with Crippen molar-refractivity contribution < 1.29 is 38.4 Å². The molecule has 13 nitrogen and oxygen atoms in total. The Labute approximate surface area is 365 Å². The number of aliphatic hydroxyl groups is 1. The fourth-order valence-corrected chi connectivity index (χ4v) is 8.50. The van der Waals surface area contributed by atoms with Gasteiger partial charge in [-0.2, -0.15) is 4.98 Å². The smallest absolute Gasteiger partial charge is 0.409 e. The van der Waals surface area contributed by atoms with Crippen LogP contribution in [-0.4, -0.2) is 84.8 Å². The lowest BCUT2D eigenvalue weighted by Crippen LogP contribution is -2.38. The Kier molecular flexibility index (Phi) is 13.0. The molecule has 2 heterocycles. The lowest BCUT2D eigenvalue weighted by molar-refractivity contribution is -0.116. The molecule has 13 heteroatoms. The van der Waals surface area contributed by atoms with Gasteiger partial charge in [-0.3, -0.25) is 9.36 Å². The number of ether oxygens (including phenoxy) is 5. The summed E-state index contributed by atoms with van der Waals surface area (Å²) in [5.74, 6) is 1.05. The first-order valence-electron chi connectivity index (χ1n) is 21.0. The summed E-state index contributed by atoms with van der Waals surface area (Å²) in [5, 5.41) is 13.9. The molecule has 324 valence electrons. The predicted octanol–water partition coefficient (Wildman–Crippen LogP) is 7.52. The Morgan fingerprint density at radius 2 is 1.37 bits per heavy atom. The zero-order valence-electron chi connectivity index (χ0n) is 35.4. The van der Waals surface area contributed by atoms with E-state index in [0.29, 0.717) is 17.9 Å². The summed E-state index contributed by atoms with van der Waals surface area (Å²) >= 11 is 0. The molecule has 8 rings (SSSR count). The van der Waals surface area contributed by atoms with Crippen LogP contribution in [0.5, 0.6) is 11.5 Å². The number of aromatic nitrogens is 2. The molecule has 1 fully saturated rings. The summed E-state index contributed by atoms with van der Waals surface area (Å²) in [5.41, 5.74) is 5.28. The average Bonchev–Trinajstić information content (AvgIpc) is 3.85. The topological polar surface area (TPSA) is 151 Å². The molecular formula is C50H50N4O9. The molecule has 2 N–H and O–H groups in total. The number of amides is 2. The molecule has 63 heavy (non-hydrogen) atoms. The molecule has 6 aromatic rings. The van der Waals surface area contributed by atoms with Crippen LogP contribution in [0.3, 0.4) is 0 Å². The molecule has 5 aromatic carbocycles. The van der Waals surface area contributed by atoms with Crippen LogP contribution in [0, 0.1) is 0 Å². The number of anilines is 1. The van der Waals surface area contributed by atoms with Crippen molar-refractivity contribution >= 4 is 17.8 Å². The molecular weight excluding hydrogens is 801 g/mol. The van der Waals surface area contributed by atoms with Crippen molar-refractivity contribution in [1.82, 2.24) is 14.5 Å². The second-order valence-electron chi connectivity index (χ2n) is 15.6. The van der Waals surface area contributed by atoms with Crippen molar-refractivity contribution in [1.29, 1.82) is 0 Å². The summed E-state index contributed by atoms with van der Waals surface area (Å²) in [4.78, 5) is 44.6. The second-order valence-corrected chi connectivity index (χ2v) is 15.6. The summed E-state index contributed by atoms with van der Waals surface area (Å²) in [7, 11) is 4.86. The summed E-state index contributed by atoms with van der Waals surface area (Å²) in [6.07, 6.45) is -1.02. The van der Waals surface area contributed by atoms with Gasteiger partial charge in [0, 0.05) is 38.5 Å². The van der Waals surface area contributed by atoms with Gasteiger partial charge in [0.15, 0.2) is 0 Å². The molecule has 1 saturated heterocycles. The predicted molar refractivity (Wildman–Crippen MR) is 237 cm³/mol. The van der Waals surface area contributed by atoms with Crippen LogP contribution >= 0.6 is 0 Å². The Balaban J connectivity index is 0.866. The van der Waals surface area contributed by atoms with Crippen LogP contribution < -0.4 is 20.5 Å². The highest BCUT2D eigenvalue weighted by Crippen LogP contribution is 2.45. The third kappa shape index (κ3) is 9.08. The van der Waals surface area contributed by atoms with Gasteiger partial charge in [0.25, 0.3) is 0 Å². The maximum Gasteiger partial charge on any atom is 0.409 e. The number of aliphatic hydroxyl groups excluding tert-OH is 1. The summed E-state index contributed by atoms with van der Waals surface area (Å²) < 4.78 is 31.2. The van der Waals surface area contributed by atoms with Gasteiger partial charge in [0.05, 0.1) is 26.9 Å². The number of nitrogens with zero attached hydrogens (tertiary/aromatic N) is 3. The second kappa shape index (κ2) is 19.1. The van der Waals surface area contributed by atoms with E-state index in [-0.39, 0.29) is 50.2 Å². The Bertz CT molecular complexity index is 2490. The number of methoxy groups -OCH3 is 2. The van der Waals surface area contributed by atoms with Gasteiger partial charge in [-0.1, -0.05) is 103 Å². The van der Waals surface area contributed by atoms with E-state index in [0.717, 1.165) is 38.9 Å². The van der Waals surface area contributed by atoms with Crippen LogP contribution in [0.15, 0.2) is 144 Å². The van der Waals surface area contributed by atoms with Gasteiger partial charge >= 0.3 is 11.8 Å². The monoisotopic (exact) mass is 850 g/mol. The minimum absolute atomic E-state index is 0.0303. The standard InChI is InChI=1S/C50H50N4O9/c1-53(49(58)61-31-42-40-16-9-7-14-38(40)39-15-8-10-17-41(39)42)28-11-18-46(56)51-45-27-29-54(48(57)52-45)47-30-43(55)44(63-47)32-62-50(33-12-5-4-6-13-33,34-19-23-36(59-2)24-20-34)35-21-25-37(60-3)26-22-35/h4-10,12-17,19-27,29,42-44,47,55H,11,18,28,30-32H2,1-3H3,(H,51,52,56,57)/t43-,44-,47-/m1/s1. The van der Waals surface area contributed by atoms with Gasteiger partial charge in [-0.25, -0.2) is 9.59 Å². The van der Waals surface area contributed by atoms with Gasteiger partial charge in [-0.15, -0.1) is 0 Å². The van der Waals surface area contributed by atoms with Crippen LogP contribution in [0.2, 0.25) is 0 Å². The molecule has 1 aromatic heterocycles. The first-order chi connectivity index (χ1) is 30.7. The van der Waals surface area contributed by atoms with E-state index in [1.807, 2.05) is 103 Å². The van der Waals surface area contributed by atoms with Gasteiger partial charge in [0.2, 0.25) is 5.91 Å². The maximum absolute atomic E-state index is 13.3. The van der Waals surface area contributed by atoms with Crippen LogP contribution in [-0.2, 0) is 24.6 Å². The normalized spacial score (nSPS) is 16.8. The minimum atomic E-state index is -1.13. The molecule has 0 saturated carbocycles. The third-order valence-electron chi connectivity index (χ3n) is 11.8. The molecule has 0 bridgehead atoms. The zero-order valence-corrected chi connectivity index (χ0v) is 35.4. The number of fused-ring (bicyclic) bond motifs is 3. The van der Waals surface area contributed by atoms with Crippen molar-refractivity contribution in [2.45, 2.75) is 49.2 Å². The lowest BCUT2D eigenvalue weighted by Gasteiger charge is -2.37. The zero-order chi connectivity index (χ0) is 43.9. The maximum atomic E-state index is 13.3. The van der Waals surface area contributed by atoms with Crippen LogP contribution in [0.4, 0.5) is 10.6 Å². The van der Waals surface area contributed by atoms with Crippen LogP contribution in [0.1, 0.15) is 59.2 Å². The lowest BCUT2D eigenvalue weighted by atomic mass is 9.80. The van der Waals surface area contributed by atoms with E-state index in [2.05, 4.69) is 34.6 Å². The Hall–Kier alpha value is -6.80. The number of rotatable bonds is 16. The van der Waals surface area contributed by atoms with E-state index in [1.54, 1.807) is 21.3 Å². The fraction of sp³-hybridized carbons (Fsp3) is 0.280. The molecule has 1 aliphatic heterocycles. The highest BCUT2D eigenvalue weighted by molar-refractivity contribution is 5.89. The Morgan fingerprint density at radius 1 is 0.794 bits per heavy atom. The van der Waals surface area contributed by atoms with E-state index in [4.69, 9.17) is 23.7 Å². The van der Waals surface area contributed by atoms with E-state index in [1.165, 1.54) is 21.7 Å². The number of hydrogen-bond donors (Lipinski definition) is 2. The largest absolute Gasteiger partial charge is 0.497 e. The van der Waals surface area contributed by atoms with Gasteiger partial charge < -0.3 is 39.0 Å². The molecule has 0 unspecified atom stereocenters. The molecule has 3 atom stereocenters. The molecule has 1 aliphatic carbocycles.